The van der Waals surface area contributed by atoms with Crippen LogP contribution in [0.5, 0.6) is 5.88 Å². The van der Waals surface area contributed by atoms with Crippen molar-refractivity contribution < 1.29 is 49.5 Å². The molecule has 2 heterocycles. The fraction of sp³-hybridized carbons (Fsp3) is 0. The van der Waals surface area contributed by atoms with Gasteiger partial charge in [0.2, 0.25) is 5.88 Å². The first-order chi connectivity index (χ1) is 18.5. The first-order valence-corrected chi connectivity index (χ1v) is 10.8. The highest BCUT2D eigenvalue weighted by atomic mass is 16.4. The first-order valence-electron chi connectivity index (χ1n) is 10.8. The predicted octanol–water partition coefficient (Wildman–Crippen LogP) is 2.10. The van der Waals surface area contributed by atoms with Gasteiger partial charge < -0.3 is 25.5 Å². The minimum Gasteiger partial charge on any atom is -0.493 e. The summed E-state index contributed by atoms with van der Waals surface area (Å²) < 4.78 is 0.870. The number of anilines is 1. The molecule has 0 radical (unpaired) electrons. The van der Waals surface area contributed by atoms with Crippen LogP contribution in [0.2, 0.25) is 0 Å². The average Bonchev–Trinajstić information content (AvgIpc) is 3.41. The fourth-order valence-corrected chi connectivity index (χ4v) is 3.54. The molecule has 1 amide bonds. The maximum absolute atomic E-state index is 12.9. The van der Waals surface area contributed by atoms with E-state index in [1.807, 2.05) is 0 Å². The molecule has 0 atom stereocenters. The number of hydrazone groups is 1. The molecule has 0 saturated carbocycles. The molecule has 196 valence electrons. The molecule has 2 aromatic carbocycles. The highest BCUT2D eigenvalue weighted by Crippen LogP contribution is 2.28. The van der Waals surface area contributed by atoms with E-state index >= 15 is 0 Å². The summed E-state index contributed by atoms with van der Waals surface area (Å²) in [7, 11) is 0. The molecule has 0 fully saturated rings. The summed E-state index contributed by atoms with van der Waals surface area (Å²) in [5.41, 5.74) is -1.67. The van der Waals surface area contributed by atoms with Gasteiger partial charge in [-0.2, -0.15) is 19.9 Å². The van der Waals surface area contributed by atoms with Crippen LogP contribution in [-0.2, 0) is 9.59 Å². The van der Waals surface area contributed by atoms with Gasteiger partial charge in [0.05, 0.1) is 33.6 Å². The van der Waals surface area contributed by atoms with Crippen molar-refractivity contribution >= 4 is 47.3 Å². The molecule has 1 aliphatic heterocycles. The minimum atomic E-state index is -1.53. The zero-order chi connectivity index (χ0) is 28.4. The molecule has 0 unspecified atom stereocenters. The fourth-order valence-electron chi connectivity index (χ4n) is 3.54. The Morgan fingerprint density at radius 3 is 1.77 bits per heavy atom. The number of hydrogen-bond acceptors (Lipinski definition) is 8. The van der Waals surface area contributed by atoms with E-state index in [0.717, 1.165) is 27.9 Å². The molecule has 39 heavy (non-hydrogen) atoms. The molecule has 1 aliphatic rings. The van der Waals surface area contributed by atoms with E-state index < -0.39 is 47.1 Å². The highest BCUT2D eigenvalue weighted by molar-refractivity contribution is 6.52. The lowest BCUT2D eigenvalue weighted by Crippen LogP contribution is -2.22. The quantitative estimate of drug-likeness (QED) is 0.264. The lowest BCUT2D eigenvalue weighted by molar-refractivity contribution is -0.129. The zero-order valence-electron chi connectivity index (χ0n) is 19.4. The van der Waals surface area contributed by atoms with Crippen LogP contribution < -0.4 is 5.01 Å². The molecule has 0 aliphatic carbocycles. The molecule has 1 aromatic heterocycles. The third-order valence-corrected chi connectivity index (χ3v) is 5.42. The van der Waals surface area contributed by atoms with Gasteiger partial charge in [0.15, 0.2) is 11.4 Å². The van der Waals surface area contributed by atoms with Gasteiger partial charge in [-0.15, -0.1) is 0 Å². The number of hydrogen-bond donors (Lipinski definition) is 5. The number of nitrogens with zero attached hydrogens (tertiary/aromatic N) is 4. The third-order valence-electron chi connectivity index (χ3n) is 5.42. The molecule has 14 heteroatoms. The van der Waals surface area contributed by atoms with Gasteiger partial charge in [-0.3, -0.25) is 4.79 Å². The number of aliphatic carboxylic acids is 1. The van der Waals surface area contributed by atoms with Crippen molar-refractivity contribution in [2.45, 2.75) is 0 Å². The van der Waals surface area contributed by atoms with Crippen LogP contribution in [-0.4, -0.2) is 70.8 Å². The van der Waals surface area contributed by atoms with Gasteiger partial charge in [-0.1, -0.05) is 6.08 Å². The largest absolute Gasteiger partial charge is 0.493 e. The number of carbonyl (C=O) groups excluding carboxylic acids is 1. The Kier molecular flexibility index (Phi) is 6.76. The zero-order valence-corrected chi connectivity index (χ0v) is 19.4. The Balaban J connectivity index is 1.68. The molecule has 0 spiro atoms. The number of allylic oxidation sites excluding steroid dienone is 2. The van der Waals surface area contributed by atoms with Gasteiger partial charge in [0.1, 0.15) is 0 Å². The summed E-state index contributed by atoms with van der Waals surface area (Å²) in [4.78, 5) is 58.5. The number of aromatic nitrogens is 2. The number of benzene rings is 2. The Hall–Kier alpha value is -6.05. The number of carboxylic acids is 4. The van der Waals surface area contributed by atoms with Crippen LogP contribution in [0, 0.1) is 0 Å². The number of rotatable bonds is 8. The second-order valence-corrected chi connectivity index (χ2v) is 7.82. The molecule has 5 N–H and O–H groups in total. The van der Waals surface area contributed by atoms with E-state index in [0.29, 0.717) is 0 Å². The normalized spacial score (nSPS) is 14.2. The van der Waals surface area contributed by atoms with Crippen molar-refractivity contribution in [3.8, 4) is 11.6 Å². The number of aromatic hydroxyl groups is 1. The van der Waals surface area contributed by atoms with Crippen LogP contribution in [0.3, 0.4) is 0 Å². The van der Waals surface area contributed by atoms with E-state index in [-0.39, 0.29) is 33.6 Å². The van der Waals surface area contributed by atoms with Crippen molar-refractivity contribution in [2.24, 2.45) is 5.10 Å². The summed E-state index contributed by atoms with van der Waals surface area (Å²) in [6, 6.07) is 10.1. The van der Waals surface area contributed by atoms with Crippen LogP contribution >= 0.6 is 0 Å². The Labute approximate surface area is 217 Å². The van der Waals surface area contributed by atoms with Crippen molar-refractivity contribution in [3.63, 3.8) is 0 Å². The standard InChI is InChI=1S/C25H16N4O10/c30-20-16(18(24(36)37)26-28(20)14-8-4-12(5-9-14)22(32)33)2-1-3-17-19(25(38)39)27-29(21(17)31)15-10-6-13(7-11-15)23(34)35/h1-11,30H,(H,32,33)(H,34,35)(H,36,37)(H,38,39)/b2-1?,17-3-. The number of amides is 1. The molecule has 14 nitrogen and oxygen atoms in total. The third kappa shape index (κ3) is 4.97. The Morgan fingerprint density at radius 2 is 1.28 bits per heavy atom. The number of carboxylic acid groups (broad SMARTS) is 4. The number of aromatic carboxylic acids is 3. The topological polar surface area (TPSA) is 220 Å². The summed E-state index contributed by atoms with van der Waals surface area (Å²) in [6.07, 6.45) is 3.28. The Bertz CT molecular complexity index is 1630. The minimum absolute atomic E-state index is 0.0420. The van der Waals surface area contributed by atoms with E-state index in [2.05, 4.69) is 10.2 Å². The molecule has 0 bridgehead atoms. The summed E-state index contributed by atoms with van der Waals surface area (Å²) >= 11 is 0. The van der Waals surface area contributed by atoms with Gasteiger partial charge in [0.25, 0.3) is 5.91 Å². The molecular weight excluding hydrogens is 516 g/mol. The molecular formula is C25H16N4O10. The van der Waals surface area contributed by atoms with Crippen LogP contribution in [0.1, 0.15) is 36.8 Å². The van der Waals surface area contributed by atoms with E-state index in [9.17, 15) is 39.3 Å². The van der Waals surface area contributed by atoms with Gasteiger partial charge >= 0.3 is 23.9 Å². The molecule has 4 rings (SSSR count). The van der Waals surface area contributed by atoms with Crippen molar-refractivity contribution in [1.29, 1.82) is 0 Å². The second kappa shape index (κ2) is 10.1. The van der Waals surface area contributed by atoms with Gasteiger partial charge in [0, 0.05) is 0 Å². The molecule has 3 aromatic rings. The average molecular weight is 532 g/mol. The second-order valence-electron chi connectivity index (χ2n) is 7.82. The summed E-state index contributed by atoms with van der Waals surface area (Å²) in [6.45, 7) is 0. The van der Waals surface area contributed by atoms with Crippen molar-refractivity contribution in [2.75, 3.05) is 5.01 Å². The van der Waals surface area contributed by atoms with Gasteiger partial charge in [-0.05, 0) is 60.7 Å². The summed E-state index contributed by atoms with van der Waals surface area (Å²) in [5.74, 6) is -6.87. The van der Waals surface area contributed by atoms with E-state index in [4.69, 9.17) is 10.2 Å². The highest BCUT2D eigenvalue weighted by Gasteiger charge is 2.35. The van der Waals surface area contributed by atoms with Crippen LogP contribution in [0.4, 0.5) is 5.69 Å². The van der Waals surface area contributed by atoms with Crippen molar-refractivity contribution in [1.82, 2.24) is 9.78 Å². The summed E-state index contributed by atoms with van der Waals surface area (Å²) in [5, 5.41) is 56.2. The lowest BCUT2D eigenvalue weighted by Gasteiger charge is -2.11. The van der Waals surface area contributed by atoms with Gasteiger partial charge in [-0.25, -0.2) is 19.2 Å². The van der Waals surface area contributed by atoms with Crippen LogP contribution in [0.15, 0.2) is 71.4 Å². The monoisotopic (exact) mass is 532 g/mol. The SMILES string of the molecule is O=C(O)C1=NN(c2ccc(C(=O)O)cc2)C(=O)/C1=C\C=Cc1c(C(=O)O)nn(-c2ccc(C(=O)O)cc2)c1O. The maximum Gasteiger partial charge on any atom is 0.357 e. The van der Waals surface area contributed by atoms with E-state index in [1.165, 1.54) is 48.5 Å². The Morgan fingerprint density at radius 1 is 0.744 bits per heavy atom. The maximum atomic E-state index is 12.9. The lowest BCUT2D eigenvalue weighted by atomic mass is 10.1. The van der Waals surface area contributed by atoms with E-state index in [1.54, 1.807) is 0 Å². The predicted molar refractivity (Wildman–Crippen MR) is 132 cm³/mol. The first kappa shape index (κ1) is 26.0. The number of carbonyl (C=O) groups is 5. The molecule has 0 saturated heterocycles. The van der Waals surface area contributed by atoms with Crippen LogP contribution in [0.25, 0.3) is 11.8 Å². The smallest absolute Gasteiger partial charge is 0.357 e. The van der Waals surface area contributed by atoms with Crippen molar-refractivity contribution in [3.05, 3.63) is 88.6 Å².